The number of carbonyl (C=O) groups excluding carboxylic acids is 1. The quantitative estimate of drug-likeness (QED) is 0.929. The molecular formula is C17H25ClN2O. The molecule has 116 valence electrons. The standard InChI is InChI=1S/C17H25ClN2O/c1-12-14(8-5-9-15(12)18)17(2,3)19-16(21)13-7-6-10-20(4)11-13/h5,8-9,13H,6-7,10-11H2,1-4H3,(H,19,21)/t13-/m0/s1. The van der Waals surface area contributed by atoms with Crippen LogP contribution in [-0.4, -0.2) is 30.9 Å². The lowest BCUT2D eigenvalue weighted by Crippen LogP contribution is -2.48. The number of piperidine rings is 1. The molecule has 0 aliphatic carbocycles. The Hall–Kier alpha value is -1.06. The van der Waals surface area contributed by atoms with E-state index in [2.05, 4.69) is 17.3 Å². The van der Waals surface area contributed by atoms with Crippen molar-refractivity contribution in [1.82, 2.24) is 10.2 Å². The molecule has 1 saturated heterocycles. The van der Waals surface area contributed by atoms with Gasteiger partial charge >= 0.3 is 0 Å². The maximum Gasteiger partial charge on any atom is 0.225 e. The van der Waals surface area contributed by atoms with Crippen molar-refractivity contribution in [2.45, 2.75) is 39.2 Å². The van der Waals surface area contributed by atoms with Crippen molar-refractivity contribution >= 4 is 17.5 Å². The Labute approximate surface area is 132 Å². The molecule has 1 aliphatic rings. The first kappa shape index (κ1) is 16.3. The number of amides is 1. The fraction of sp³-hybridized carbons (Fsp3) is 0.588. The fourth-order valence-electron chi connectivity index (χ4n) is 3.14. The van der Waals surface area contributed by atoms with Gasteiger partial charge in [0.05, 0.1) is 11.5 Å². The normalized spacial score (nSPS) is 20.3. The SMILES string of the molecule is Cc1c(Cl)cccc1C(C)(C)NC(=O)[C@H]1CCCN(C)C1. The second kappa shape index (κ2) is 6.37. The number of nitrogens with one attached hydrogen (secondary N) is 1. The molecule has 3 nitrogen and oxygen atoms in total. The molecule has 0 saturated carbocycles. The van der Waals surface area contributed by atoms with Crippen LogP contribution < -0.4 is 5.32 Å². The fourth-order valence-corrected chi connectivity index (χ4v) is 3.32. The van der Waals surface area contributed by atoms with Crippen LogP contribution in [-0.2, 0) is 10.3 Å². The van der Waals surface area contributed by atoms with Gasteiger partial charge in [-0.2, -0.15) is 0 Å². The van der Waals surface area contributed by atoms with Crippen molar-refractivity contribution in [3.8, 4) is 0 Å². The van der Waals surface area contributed by atoms with E-state index in [0.717, 1.165) is 42.1 Å². The highest BCUT2D eigenvalue weighted by molar-refractivity contribution is 6.31. The minimum atomic E-state index is -0.415. The van der Waals surface area contributed by atoms with E-state index in [1.807, 2.05) is 39.0 Å². The molecule has 0 radical (unpaired) electrons. The minimum absolute atomic E-state index is 0.0857. The van der Waals surface area contributed by atoms with Crippen LogP contribution in [0.1, 0.15) is 37.8 Å². The van der Waals surface area contributed by atoms with Gasteiger partial charge in [0, 0.05) is 11.6 Å². The molecule has 1 heterocycles. The van der Waals surface area contributed by atoms with Crippen molar-refractivity contribution < 1.29 is 4.79 Å². The zero-order valence-electron chi connectivity index (χ0n) is 13.4. The number of hydrogen-bond donors (Lipinski definition) is 1. The predicted molar refractivity (Wildman–Crippen MR) is 87.6 cm³/mol. The highest BCUT2D eigenvalue weighted by Gasteiger charge is 2.30. The number of hydrogen-bond acceptors (Lipinski definition) is 2. The maximum atomic E-state index is 12.6. The van der Waals surface area contributed by atoms with Crippen LogP contribution in [0.5, 0.6) is 0 Å². The van der Waals surface area contributed by atoms with Gasteiger partial charge in [0.1, 0.15) is 0 Å². The van der Waals surface area contributed by atoms with Crippen LogP contribution >= 0.6 is 11.6 Å². The van der Waals surface area contributed by atoms with E-state index in [1.165, 1.54) is 0 Å². The third kappa shape index (κ3) is 3.78. The first-order valence-corrected chi connectivity index (χ1v) is 7.95. The van der Waals surface area contributed by atoms with Gasteiger partial charge in [-0.25, -0.2) is 0 Å². The zero-order valence-corrected chi connectivity index (χ0v) is 14.1. The van der Waals surface area contributed by atoms with E-state index in [9.17, 15) is 4.79 Å². The van der Waals surface area contributed by atoms with E-state index in [-0.39, 0.29) is 11.8 Å². The summed E-state index contributed by atoms with van der Waals surface area (Å²) in [6, 6.07) is 5.86. The maximum absolute atomic E-state index is 12.6. The van der Waals surface area contributed by atoms with Crippen LogP contribution in [0.15, 0.2) is 18.2 Å². The van der Waals surface area contributed by atoms with Crippen molar-refractivity contribution in [2.24, 2.45) is 5.92 Å². The average Bonchev–Trinajstić information content (AvgIpc) is 2.41. The predicted octanol–water partition coefficient (Wildman–Crippen LogP) is 3.34. The summed E-state index contributed by atoms with van der Waals surface area (Å²) >= 11 is 6.20. The van der Waals surface area contributed by atoms with Crippen molar-refractivity contribution in [3.63, 3.8) is 0 Å². The van der Waals surface area contributed by atoms with Gasteiger partial charge in [-0.1, -0.05) is 23.7 Å². The number of halogens is 1. The second-order valence-corrected chi connectivity index (χ2v) is 7.04. The minimum Gasteiger partial charge on any atom is -0.347 e. The van der Waals surface area contributed by atoms with Gasteiger partial charge in [0.15, 0.2) is 0 Å². The van der Waals surface area contributed by atoms with Gasteiger partial charge in [0.25, 0.3) is 0 Å². The Morgan fingerprint density at radius 1 is 1.43 bits per heavy atom. The number of rotatable bonds is 3. The van der Waals surface area contributed by atoms with E-state index in [0.29, 0.717) is 0 Å². The molecule has 1 fully saturated rings. The molecule has 0 bridgehead atoms. The van der Waals surface area contributed by atoms with Gasteiger partial charge in [-0.15, -0.1) is 0 Å². The third-order valence-corrected chi connectivity index (χ3v) is 4.78. The zero-order chi connectivity index (χ0) is 15.6. The Balaban J connectivity index is 2.13. The Bertz CT molecular complexity index is 528. The van der Waals surface area contributed by atoms with Crippen LogP contribution in [0, 0.1) is 12.8 Å². The molecule has 0 spiro atoms. The van der Waals surface area contributed by atoms with Crippen LogP contribution in [0.2, 0.25) is 5.02 Å². The highest BCUT2D eigenvalue weighted by Crippen LogP contribution is 2.29. The van der Waals surface area contributed by atoms with Crippen LogP contribution in [0.4, 0.5) is 0 Å². The monoisotopic (exact) mass is 308 g/mol. The summed E-state index contributed by atoms with van der Waals surface area (Å²) < 4.78 is 0. The first-order valence-electron chi connectivity index (χ1n) is 7.57. The number of benzene rings is 1. The van der Waals surface area contributed by atoms with Gasteiger partial charge < -0.3 is 10.2 Å². The molecule has 1 amide bonds. The molecular weight excluding hydrogens is 284 g/mol. The summed E-state index contributed by atoms with van der Waals surface area (Å²) in [6.45, 7) is 8.00. The Kier molecular flexibility index (Phi) is 4.95. The van der Waals surface area contributed by atoms with Gasteiger partial charge in [-0.3, -0.25) is 4.79 Å². The van der Waals surface area contributed by atoms with Gasteiger partial charge in [0.2, 0.25) is 5.91 Å². The molecule has 0 aromatic heterocycles. The summed E-state index contributed by atoms with van der Waals surface area (Å²) in [5.41, 5.74) is 1.69. The third-order valence-electron chi connectivity index (χ3n) is 4.37. The number of likely N-dealkylation sites (tertiary alicyclic amines) is 1. The Morgan fingerprint density at radius 3 is 2.81 bits per heavy atom. The second-order valence-electron chi connectivity index (χ2n) is 6.63. The van der Waals surface area contributed by atoms with Crippen molar-refractivity contribution in [3.05, 3.63) is 34.3 Å². The lowest BCUT2D eigenvalue weighted by Gasteiger charge is -2.34. The number of carbonyl (C=O) groups is 1. The van der Waals surface area contributed by atoms with Crippen molar-refractivity contribution in [1.29, 1.82) is 0 Å². The molecule has 4 heteroatoms. The molecule has 21 heavy (non-hydrogen) atoms. The molecule has 1 N–H and O–H groups in total. The largest absolute Gasteiger partial charge is 0.347 e. The van der Waals surface area contributed by atoms with Gasteiger partial charge in [-0.05, 0) is 64.4 Å². The van der Waals surface area contributed by atoms with E-state index in [1.54, 1.807) is 0 Å². The smallest absolute Gasteiger partial charge is 0.225 e. The summed E-state index contributed by atoms with van der Waals surface area (Å²) in [6.07, 6.45) is 2.06. The van der Waals surface area contributed by atoms with E-state index >= 15 is 0 Å². The molecule has 1 aromatic rings. The molecule has 1 aliphatic heterocycles. The topological polar surface area (TPSA) is 32.3 Å². The van der Waals surface area contributed by atoms with Crippen LogP contribution in [0.25, 0.3) is 0 Å². The Morgan fingerprint density at radius 2 is 2.14 bits per heavy atom. The highest BCUT2D eigenvalue weighted by atomic mass is 35.5. The first-order chi connectivity index (χ1) is 9.81. The molecule has 2 rings (SSSR count). The lowest BCUT2D eigenvalue weighted by atomic mass is 9.88. The molecule has 1 atom stereocenters. The van der Waals surface area contributed by atoms with E-state index < -0.39 is 5.54 Å². The lowest BCUT2D eigenvalue weighted by molar-refractivity contribution is -0.128. The van der Waals surface area contributed by atoms with E-state index in [4.69, 9.17) is 11.6 Å². The molecule has 1 aromatic carbocycles. The summed E-state index contributed by atoms with van der Waals surface area (Å²) in [7, 11) is 2.08. The number of nitrogens with zero attached hydrogens (tertiary/aromatic N) is 1. The molecule has 0 unspecified atom stereocenters. The summed E-state index contributed by atoms with van der Waals surface area (Å²) in [5, 5.41) is 3.95. The summed E-state index contributed by atoms with van der Waals surface area (Å²) in [4.78, 5) is 14.8. The van der Waals surface area contributed by atoms with Crippen molar-refractivity contribution in [2.75, 3.05) is 20.1 Å². The average molecular weight is 309 g/mol. The van der Waals surface area contributed by atoms with Crippen LogP contribution in [0.3, 0.4) is 0 Å². The summed E-state index contributed by atoms with van der Waals surface area (Å²) in [5.74, 6) is 0.230.